The van der Waals surface area contributed by atoms with Crippen molar-refractivity contribution >= 4 is 11.8 Å². The van der Waals surface area contributed by atoms with Crippen LogP contribution in [0.2, 0.25) is 0 Å². The van der Waals surface area contributed by atoms with Gasteiger partial charge in [0.1, 0.15) is 5.75 Å². The summed E-state index contributed by atoms with van der Waals surface area (Å²) in [6.45, 7) is 3.99. The molecule has 3 rings (SSSR count). The van der Waals surface area contributed by atoms with Crippen LogP contribution in [0.4, 0.5) is 0 Å². The van der Waals surface area contributed by atoms with E-state index in [0.717, 1.165) is 12.0 Å². The van der Waals surface area contributed by atoms with E-state index in [0.29, 0.717) is 25.2 Å². The van der Waals surface area contributed by atoms with Crippen molar-refractivity contribution in [2.75, 3.05) is 19.6 Å². The van der Waals surface area contributed by atoms with Gasteiger partial charge in [-0.1, -0.05) is 37.3 Å². The fourth-order valence-electron chi connectivity index (χ4n) is 3.50. The molecule has 148 valence electrons. The third-order valence-electron chi connectivity index (χ3n) is 5.42. The molecule has 0 saturated carbocycles. The summed E-state index contributed by atoms with van der Waals surface area (Å²) < 4.78 is 0. The lowest BCUT2D eigenvalue weighted by atomic mass is 9.90. The molecule has 0 aliphatic carbocycles. The molecule has 1 aliphatic heterocycles. The van der Waals surface area contributed by atoms with E-state index in [9.17, 15) is 14.7 Å². The highest BCUT2D eigenvalue weighted by Crippen LogP contribution is 2.30. The zero-order valence-corrected chi connectivity index (χ0v) is 16.1. The fraction of sp³-hybridized carbons (Fsp3) is 0.364. The molecular weight excluding hydrogens is 354 g/mol. The number of likely N-dealkylation sites (tertiary alicyclic amines) is 1. The van der Waals surface area contributed by atoms with Crippen LogP contribution in [0.5, 0.6) is 5.75 Å². The highest BCUT2D eigenvalue weighted by atomic mass is 16.3. The third kappa shape index (κ3) is 4.70. The molecule has 28 heavy (non-hydrogen) atoms. The van der Waals surface area contributed by atoms with Crippen molar-refractivity contribution in [1.29, 1.82) is 0 Å². The number of phenolic OH excluding ortho intramolecular Hbond substituents is 1. The van der Waals surface area contributed by atoms with Gasteiger partial charge in [0, 0.05) is 18.7 Å². The Morgan fingerprint density at radius 3 is 2.46 bits per heavy atom. The quantitative estimate of drug-likeness (QED) is 0.716. The first-order chi connectivity index (χ1) is 13.4. The van der Waals surface area contributed by atoms with Gasteiger partial charge in [0.15, 0.2) is 0 Å². The van der Waals surface area contributed by atoms with E-state index in [1.807, 2.05) is 35.2 Å². The Hall–Kier alpha value is -2.86. The van der Waals surface area contributed by atoms with Crippen molar-refractivity contribution in [3.8, 4) is 5.75 Å². The molecule has 0 spiro atoms. The summed E-state index contributed by atoms with van der Waals surface area (Å²) in [6.07, 6.45) is 1.08. The zero-order chi connectivity index (χ0) is 20.1. The molecule has 2 aromatic rings. The van der Waals surface area contributed by atoms with Gasteiger partial charge in [0.25, 0.3) is 5.91 Å². The Balaban J connectivity index is 1.73. The maximum atomic E-state index is 12.9. The monoisotopic (exact) mass is 381 g/mol. The number of nitrogens with zero attached hydrogens (tertiary/aromatic N) is 1. The van der Waals surface area contributed by atoms with Gasteiger partial charge in [-0.25, -0.2) is 0 Å². The number of benzene rings is 2. The predicted octanol–water partition coefficient (Wildman–Crippen LogP) is 2.45. The third-order valence-corrected chi connectivity index (χ3v) is 5.42. The van der Waals surface area contributed by atoms with E-state index in [1.54, 1.807) is 12.1 Å². The minimum absolute atomic E-state index is 0.0111. The van der Waals surface area contributed by atoms with Crippen molar-refractivity contribution in [2.45, 2.75) is 25.8 Å². The summed E-state index contributed by atoms with van der Waals surface area (Å²) in [7, 11) is 0. The molecule has 2 aromatic carbocycles. The number of amides is 2. The van der Waals surface area contributed by atoms with Crippen molar-refractivity contribution in [3.05, 3.63) is 65.7 Å². The van der Waals surface area contributed by atoms with Gasteiger partial charge < -0.3 is 21.1 Å². The molecule has 0 bridgehead atoms. The average molecular weight is 381 g/mol. The van der Waals surface area contributed by atoms with Crippen LogP contribution in [0, 0.1) is 5.41 Å². The SMILES string of the molecule is CC1(CN)CCN(C(=O)CC(NC(=O)c2ccc(O)cc2)c2ccccc2)C1. The van der Waals surface area contributed by atoms with Gasteiger partial charge in [0.05, 0.1) is 12.5 Å². The lowest BCUT2D eigenvalue weighted by Crippen LogP contribution is -2.37. The zero-order valence-electron chi connectivity index (χ0n) is 16.1. The average Bonchev–Trinajstić information content (AvgIpc) is 3.11. The Morgan fingerprint density at radius 2 is 1.86 bits per heavy atom. The molecule has 2 unspecified atom stereocenters. The lowest BCUT2D eigenvalue weighted by molar-refractivity contribution is -0.131. The van der Waals surface area contributed by atoms with Gasteiger partial charge in [-0.3, -0.25) is 9.59 Å². The maximum Gasteiger partial charge on any atom is 0.251 e. The number of aromatic hydroxyl groups is 1. The first-order valence-corrected chi connectivity index (χ1v) is 9.53. The standard InChI is InChI=1S/C22H27N3O3/c1-22(14-23)11-12-25(15-22)20(27)13-19(16-5-3-2-4-6-16)24-21(28)17-7-9-18(26)10-8-17/h2-10,19,26H,11-15,23H2,1H3,(H,24,28). The van der Waals surface area contributed by atoms with Crippen molar-refractivity contribution < 1.29 is 14.7 Å². The Bertz CT molecular complexity index is 823. The van der Waals surface area contributed by atoms with E-state index in [1.165, 1.54) is 12.1 Å². The summed E-state index contributed by atoms with van der Waals surface area (Å²) >= 11 is 0. The molecular formula is C22H27N3O3. The molecule has 1 heterocycles. The molecule has 0 radical (unpaired) electrons. The van der Waals surface area contributed by atoms with E-state index < -0.39 is 6.04 Å². The second kappa shape index (κ2) is 8.44. The first kappa shape index (κ1) is 19.9. The topological polar surface area (TPSA) is 95.7 Å². The number of carbonyl (C=O) groups is 2. The number of nitrogens with one attached hydrogen (secondary N) is 1. The summed E-state index contributed by atoms with van der Waals surface area (Å²) in [6, 6.07) is 15.1. The summed E-state index contributed by atoms with van der Waals surface area (Å²) in [5, 5.41) is 12.4. The lowest BCUT2D eigenvalue weighted by Gasteiger charge is -2.25. The van der Waals surface area contributed by atoms with Gasteiger partial charge in [-0.05, 0) is 48.2 Å². The van der Waals surface area contributed by atoms with Crippen molar-refractivity contribution in [2.24, 2.45) is 11.1 Å². The molecule has 6 heteroatoms. The van der Waals surface area contributed by atoms with Gasteiger partial charge in [0.2, 0.25) is 5.91 Å². The summed E-state index contributed by atoms with van der Waals surface area (Å²) in [4.78, 5) is 27.4. The molecule has 2 atom stereocenters. The second-order valence-electron chi connectivity index (χ2n) is 7.77. The van der Waals surface area contributed by atoms with E-state index in [4.69, 9.17) is 5.73 Å². The highest BCUT2D eigenvalue weighted by molar-refractivity contribution is 5.95. The van der Waals surface area contributed by atoms with Gasteiger partial charge >= 0.3 is 0 Å². The van der Waals surface area contributed by atoms with Crippen molar-refractivity contribution in [1.82, 2.24) is 10.2 Å². The van der Waals surface area contributed by atoms with Crippen LogP contribution < -0.4 is 11.1 Å². The number of carbonyl (C=O) groups excluding carboxylic acids is 2. The Kier molecular flexibility index (Phi) is 5.99. The largest absolute Gasteiger partial charge is 0.508 e. The maximum absolute atomic E-state index is 12.9. The predicted molar refractivity (Wildman–Crippen MR) is 108 cm³/mol. The Morgan fingerprint density at radius 1 is 1.18 bits per heavy atom. The molecule has 1 aliphatic rings. The number of phenols is 1. The van der Waals surface area contributed by atoms with Crippen molar-refractivity contribution in [3.63, 3.8) is 0 Å². The van der Waals surface area contributed by atoms with E-state index >= 15 is 0 Å². The molecule has 1 fully saturated rings. The number of nitrogens with two attached hydrogens (primary N) is 1. The molecule has 1 saturated heterocycles. The van der Waals surface area contributed by atoms with Crippen LogP contribution in [0.3, 0.4) is 0 Å². The molecule has 2 amide bonds. The smallest absolute Gasteiger partial charge is 0.251 e. The molecule has 4 N–H and O–H groups in total. The second-order valence-corrected chi connectivity index (χ2v) is 7.77. The van der Waals surface area contributed by atoms with E-state index in [-0.39, 0.29) is 29.4 Å². The van der Waals surface area contributed by atoms with Gasteiger partial charge in [-0.2, -0.15) is 0 Å². The molecule has 0 aromatic heterocycles. The molecule has 6 nitrogen and oxygen atoms in total. The normalized spacial score (nSPS) is 20.0. The van der Waals surface area contributed by atoms with Crippen LogP contribution in [0.1, 0.15) is 41.7 Å². The van der Waals surface area contributed by atoms with E-state index in [2.05, 4.69) is 12.2 Å². The van der Waals surface area contributed by atoms with Crippen LogP contribution in [-0.2, 0) is 4.79 Å². The minimum Gasteiger partial charge on any atom is -0.508 e. The Labute approximate surface area is 165 Å². The highest BCUT2D eigenvalue weighted by Gasteiger charge is 2.35. The van der Waals surface area contributed by atoms with Crippen LogP contribution in [-0.4, -0.2) is 41.5 Å². The fourth-order valence-corrected chi connectivity index (χ4v) is 3.50. The first-order valence-electron chi connectivity index (χ1n) is 9.53. The summed E-state index contributed by atoms with van der Waals surface area (Å²) in [5.74, 6) is -0.171. The van der Waals surface area contributed by atoms with Gasteiger partial charge in [-0.15, -0.1) is 0 Å². The summed E-state index contributed by atoms with van der Waals surface area (Å²) in [5.41, 5.74) is 7.13. The van der Waals surface area contributed by atoms with Crippen LogP contribution >= 0.6 is 0 Å². The number of hydrogen-bond acceptors (Lipinski definition) is 4. The number of rotatable bonds is 6. The minimum atomic E-state index is -0.431. The van der Waals surface area contributed by atoms with Crippen LogP contribution in [0.15, 0.2) is 54.6 Å². The van der Waals surface area contributed by atoms with Crippen LogP contribution in [0.25, 0.3) is 0 Å². The number of hydrogen-bond donors (Lipinski definition) is 3.